The summed E-state index contributed by atoms with van der Waals surface area (Å²) in [5.74, 6) is 0.975. The van der Waals surface area contributed by atoms with Gasteiger partial charge in [-0.3, -0.25) is 0 Å². The van der Waals surface area contributed by atoms with E-state index in [2.05, 4.69) is 5.16 Å². The number of ether oxygens (including phenoxy) is 2. The van der Waals surface area contributed by atoms with E-state index >= 15 is 0 Å². The van der Waals surface area contributed by atoms with E-state index in [0.29, 0.717) is 28.3 Å². The maximum absolute atomic E-state index is 14.4. The van der Waals surface area contributed by atoms with Gasteiger partial charge in [-0.2, -0.15) is 0 Å². The number of nitrogen functional groups attached to an aromatic ring is 1. The number of halogens is 1. The molecular weight excluding hydrogens is 263 g/mol. The monoisotopic (exact) mass is 280 g/mol. The lowest BCUT2D eigenvalue weighted by Crippen LogP contribution is -2.12. The molecule has 1 heterocycles. The molecule has 0 saturated carbocycles. The molecule has 108 valence electrons. The van der Waals surface area contributed by atoms with Crippen LogP contribution < -0.4 is 15.2 Å². The molecule has 0 unspecified atom stereocenters. The van der Waals surface area contributed by atoms with Gasteiger partial charge in [0, 0.05) is 17.2 Å². The second-order valence-electron chi connectivity index (χ2n) is 4.85. The van der Waals surface area contributed by atoms with E-state index < -0.39 is 5.67 Å². The van der Waals surface area contributed by atoms with Crippen LogP contribution in [0.25, 0.3) is 11.3 Å². The first kappa shape index (κ1) is 14.2. The van der Waals surface area contributed by atoms with Crippen LogP contribution in [-0.4, -0.2) is 19.4 Å². The van der Waals surface area contributed by atoms with Gasteiger partial charge in [0.25, 0.3) is 0 Å². The number of nitrogens with zero attached hydrogens (tertiary/aromatic N) is 1. The van der Waals surface area contributed by atoms with Crippen molar-refractivity contribution in [1.82, 2.24) is 5.16 Å². The highest BCUT2D eigenvalue weighted by Crippen LogP contribution is 2.42. The number of rotatable bonds is 4. The molecule has 0 radical (unpaired) electrons. The molecule has 0 bridgehead atoms. The lowest BCUT2D eigenvalue weighted by molar-refractivity contribution is 0.211. The Morgan fingerprint density at radius 1 is 1.20 bits per heavy atom. The standard InChI is InChI=1S/C14H17FN2O3/c1-14(2,15)9-5-8(10-7-12(16)20-17-10)6-11(18-3)13(9)19-4/h5-7H,16H2,1-4H3. The summed E-state index contributed by atoms with van der Waals surface area (Å²) in [6, 6.07) is 4.92. The van der Waals surface area contributed by atoms with E-state index in [1.165, 1.54) is 28.1 Å². The quantitative estimate of drug-likeness (QED) is 0.931. The summed E-state index contributed by atoms with van der Waals surface area (Å²) in [7, 11) is 2.97. The number of benzene rings is 1. The number of hydrogen-bond acceptors (Lipinski definition) is 5. The first-order chi connectivity index (χ1) is 9.36. The van der Waals surface area contributed by atoms with Gasteiger partial charge in [0.15, 0.2) is 11.5 Å². The fourth-order valence-electron chi connectivity index (χ4n) is 1.98. The Kier molecular flexibility index (Phi) is 3.57. The van der Waals surface area contributed by atoms with Crippen LogP contribution in [0, 0.1) is 0 Å². The van der Waals surface area contributed by atoms with Gasteiger partial charge in [-0.25, -0.2) is 4.39 Å². The van der Waals surface area contributed by atoms with Crippen molar-refractivity contribution in [3.8, 4) is 22.8 Å². The van der Waals surface area contributed by atoms with Crippen molar-refractivity contribution in [2.75, 3.05) is 20.0 Å². The molecular formula is C14H17FN2O3. The third-order valence-corrected chi connectivity index (χ3v) is 2.94. The molecule has 0 saturated heterocycles. The number of anilines is 1. The average molecular weight is 280 g/mol. The zero-order valence-electron chi connectivity index (χ0n) is 11.9. The third kappa shape index (κ3) is 2.54. The SMILES string of the molecule is COc1cc(-c2cc(N)on2)cc(C(C)(C)F)c1OC. The first-order valence-corrected chi connectivity index (χ1v) is 6.04. The van der Waals surface area contributed by atoms with Crippen molar-refractivity contribution in [3.63, 3.8) is 0 Å². The number of alkyl halides is 1. The van der Waals surface area contributed by atoms with Crippen molar-refractivity contribution < 1.29 is 18.4 Å². The maximum Gasteiger partial charge on any atom is 0.222 e. The molecule has 1 aromatic carbocycles. The largest absolute Gasteiger partial charge is 0.493 e. The van der Waals surface area contributed by atoms with Gasteiger partial charge < -0.3 is 19.7 Å². The Morgan fingerprint density at radius 3 is 2.35 bits per heavy atom. The van der Waals surface area contributed by atoms with Gasteiger partial charge in [0.2, 0.25) is 5.88 Å². The van der Waals surface area contributed by atoms with Crippen molar-refractivity contribution in [1.29, 1.82) is 0 Å². The van der Waals surface area contributed by atoms with E-state index in [-0.39, 0.29) is 5.88 Å². The summed E-state index contributed by atoms with van der Waals surface area (Å²) in [6.07, 6.45) is 0. The highest BCUT2D eigenvalue weighted by atomic mass is 19.1. The summed E-state index contributed by atoms with van der Waals surface area (Å²) < 4.78 is 29.7. The van der Waals surface area contributed by atoms with Crippen molar-refractivity contribution >= 4 is 5.88 Å². The van der Waals surface area contributed by atoms with E-state index in [1.54, 1.807) is 18.2 Å². The lowest BCUT2D eigenvalue weighted by Gasteiger charge is -2.21. The molecule has 20 heavy (non-hydrogen) atoms. The summed E-state index contributed by atoms with van der Waals surface area (Å²) in [4.78, 5) is 0. The molecule has 6 heteroatoms. The molecule has 0 spiro atoms. The number of nitrogens with two attached hydrogens (primary N) is 1. The van der Waals surface area contributed by atoms with Gasteiger partial charge in [-0.1, -0.05) is 5.16 Å². The Hall–Kier alpha value is -2.24. The van der Waals surface area contributed by atoms with Crippen molar-refractivity contribution in [2.24, 2.45) is 0 Å². The minimum absolute atomic E-state index is 0.191. The Labute approximate surface area is 116 Å². The first-order valence-electron chi connectivity index (χ1n) is 6.04. The highest BCUT2D eigenvalue weighted by Gasteiger charge is 2.27. The van der Waals surface area contributed by atoms with Gasteiger partial charge in [0.1, 0.15) is 11.4 Å². The summed E-state index contributed by atoms with van der Waals surface area (Å²) in [6.45, 7) is 2.90. The fraction of sp³-hybridized carbons (Fsp3) is 0.357. The molecule has 5 nitrogen and oxygen atoms in total. The normalized spacial score (nSPS) is 11.4. The van der Waals surface area contributed by atoms with Crippen LogP contribution >= 0.6 is 0 Å². The Balaban J connectivity index is 2.67. The predicted molar refractivity (Wildman–Crippen MR) is 73.6 cm³/mol. The van der Waals surface area contributed by atoms with Gasteiger partial charge in [-0.15, -0.1) is 0 Å². The molecule has 0 atom stereocenters. The molecule has 0 aliphatic heterocycles. The van der Waals surface area contributed by atoms with Crippen LogP contribution in [-0.2, 0) is 5.67 Å². The van der Waals surface area contributed by atoms with E-state index in [9.17, 15) is 4.39 Å². The molecule has 0 aliphatic carbocycles. The summed E-state index contributed by atoms with van der Waals surface area (Å²) in [5, 5.41) is 3.82. The van der Waals surface area contributed by atoms with Crippen LogP contribution in [0.15, 0.2) is 22.7 Å². The molecule has 0 aliphatic rings. The van der Waals surface area contributed by atoms with Crippen LogP contribution in [0.3, 0.4) is 0 Å². The van der Waals surface area contributed by atoms with Crippen LogP contribution in [0.2, 0.25) is 0 Å². The second kappa shape index (κ2) is 5.03. The Morgan fingerprint density at radius 2 is 1.90 bits per heavy atom. The molecule has 1 aromatic heterocycles. The average Bonchev–Trinajstić information content (AvgIpc) is 2.82. The van der Waals surface area contributed by atoms with E-state index in [4.69, 9.17) is 19.7 Å². The van der Waals surface area contributed by atoms with Crippen LogP contribution in [0.1, 0.15) is 19.4 Å². The van der Waals surface area contributed by atoms with Crippen molar-refractivity contribution in [3.05, 3.63) is 23.8 Å². The third-order valence-electron chi connectivity index (χ3n) is 2.94. The smallest absolute Gasteiger partial charge is 0.222 e. The van der Waals surface area contributed by atoms with Gasteiger partial charge in [0.05, 0.1) is 14.2 Å². The molecule has 2 N–H and O–H groups in total. The molecule has 0 fully saturated rings. The summed E-state index contributed by atoms with van der Waals surface area (Å²) >= 11 is 0. The van der Waals surface area contributed by atoms with Crippen LogP contribution in [0.4, 0.5) is 10.3 Å². The van der Waals surface area contributed by atoms with E-state index in [0.717, 1.165) is 0 Å². The highest BCUT2D eigenvalue weighted by molar-refractivity contribution is 5.68. The van der Waals surface area contributed by atoms with Gasteiger partial charge >= 0.3 is 0 Å². The zero-order valence-corrected chi connectivity index (χ0v) is 11.9. The van der Waals surface area contributed by atoms with Crippen LogP contribution in [0.5, 0.6) is 11.5 Å². The zero-order chi connectivity index (χ0) is 14.9. The molecule has 2 aromatic rings. The maximum atomic E-state index is 14.4. The number of aromatic nitrogens is 1. The Bertz CT molecular complexity index is 617. The molecule has 0 amide bonds. The minimum atomic E-state index is -1.59. The molecule has 2 rings (SSSR count). The van der Waals surface area contributed by atoms with E-state index in [1.807, 2.05) is 0 Å². The lowest BCUT2D eigenvalue weighted by atomic mass is 9.95. The predicted octanol–water partition coefficient (Wildman–Crippen LogP) is 3.15. The topological polar surface area (TPSA) is 70.5 Å². The summed E-state index contributed by atoms with van der Waals surface area (Å²) in [5.41, 5.74) is 5.44. The second-order valence-corrected chi connectivity index (χ2v) is 4.85. The minimum Gasteiger partial charge on any atom is -0.493 e. The number of hydrogen-bond donors (Lipinski definition) is 1. The van der Waals surface area contributed by atoms with Crippen molar-refractivity contribution in [2.45, 2.75) is 19.5 Å². The van der Waals surface area contributed by atoms with Gasteiger partial charge in [-0.05, 0) is 26.0 Å². The fourth-order valence-corrected chi connectivity index (χ4v) is 1.98. The number of methoxy groups -OCH3 is 2.